The summed E-state index contributed by atoms with van der Waals surface area (Å²) in [6.07, 6.45) is 0. The van der Waals surface area contributed by atoms with Crippen molar-refractivity contribution in [2.75, 3.05) is 33.9 Å². The summed E-state index contributed by atoms with van der Waals surface area (Å²) in [5, 5.41) is 7.04. The molecule has 6 heteroatoms. The van der Waals surface area contributed by atoms with Crippen molar-refractivity contribution >= 4 is 17.6 Å². The van der Waals surface area contributed by atoms with Crippen LogP contribution >= 0.6 is 11.6 Å². The molecule has 0 saturated carbocycles. The van der Waals surface area contributed by atoms with Gasteiger partial charge in [-0.3, -0.25) is 4.99 Å². The summed E-state index contributed by atoms with van der Waals surface area (Å²) in [5.74, 6) is 1.48. The van der Waals surface area contributed by atoms with Gasteiger partial charge in [0.15, 0.2) is 5.96 Å². The fraction of sp³-hybridized carbons (Fsp3) is 0.500. The number of benzene rings is 1. The summed E-state index contributed by atoms with van der Waals surface area (Å²) in [4.78, 5) is 4.15. The zero-order valence-electron chi connectivity index (χ0n) is 12.2. The summed E-state index contributed by atoms with van der Waals surface area (Å²) >= 11 is 5.93. The quantitative estimate of drug-likeness (QED) is 0.460. The molecule has 0 aliphatic rings. The summed E-state index contributed by atoms with van der Waals surface area (Å²) < 4.78 is 10.6. The van der Waals surface area contributed by atoms with Crippen LogP contribution in [0, 0.1) is 0 Å². The lowest BCUT2D eigenvalue weighted by atomic mass is 10.2. The van der Waals surface area contributed by atoms with E-state index >= 15 is 0 Å². The van der Waals surface area contributed by atoms with Crippen LogP contribution in [0.4, 0.5) is 0 Å². The summed E-state index contributed by atoms with van der Waals surface area (Å²) in [7, 11) is 3.36. The number of rotatable bonds is 7. The van der Waals surface area contributed by atoms with E-state index < -0.39 is 0 Å². The van der Waals surface area contributed by atoms with E-state index in [2.05, 4.69) is 15.6 Å². The van der Waals surface area contributed by atoms with Crippen molar-refractivity contribution < 1.29 is 9.47 Å². The molecule has 0 heterocycles. The van der Waals surface area contributed by atoms with Crippen molar-refractivity contribution in [1.82, 2.24) is 10.6 Å². The third-order valence-corrected chi connectivity index (χ3v) is 2.90. The van der Waals surface area contributed by atoms with Crippen molar-refractivity contribution in [1.29, 1.82) is 0 Å². The Morgan fingerprint density at radius 1 is 1.35 bits per heavy atom. The van der Waals surface area contributed by atoms with Gasteiger partial charge in [-0.05, 0) is 19.1 Å². The predicted octanol–water partition coefficient (Wildman–Crippen LogP) is 2.05. The number of hydrogen-bond donors (Lipinski definition) is 2. The lowest BCUT2D eigenvalue weighted by Crippen LogP contribution is -2.38. The Labute approximate surface area is 125 Å². The second kappa shape index (κ2) is 9.44. The Balaban J connectivity index is 2.48. The minimum atomic E-state index is 0.606. The maximum absolute atomic E-state index is 5.93. The minimum absolute atomic E-state index is 0.606. The zero-order valence-corrected chi connectivity index (χ0v) is 13.0. The van der Waals surface area contributed by atoms with Gasteiger partial charge in [0.05, 0.1) is 13.7 Å². The van der Waals surface area contributed by atoms with Gasteiger partial charge in [0.25, 0.3) is 0 Å². The standard InChI is InChI=1S/C14H22ClN3O2/c1-4-20-8-7-17-14(16-2)18-10-11-5-6-12(15)9-13(11)19-3/h5-6,9H,4,7-8,10H2,1-3H3,(H2,16,17,18). The molecule has 0 aliphatic heterocycles. The van der Waals surface area contributed by atoms with E-state index in [1.165, 1.54) is 0 Å². The predicted molar refractivity (Wildman–Crippen MR) is 82.7 cm³/mol. The zero-order chi connectivity index (χ0) is 14.8. The highest BCUT2D eigenvalue weighted by atomic mass is 35.5. The Kier molecular flexibility index (Phi) is 7.84. The van der Waals surface area contributed by atoms with Gasteiger partial charge >= 0.3 is 0 Å². The maximum Gasteiger partial charge on any atom is 0.191 e. The number of guanidine groups is 1. The van der Waals surface area contributed by atoms with E-state index in [4.69, 9.17) is 21.1 Å². The second-order valence-electron chi connectivity index (χ2n) is 4.01. The summed E-state index contributed by atoms with van der Waals surface area (Å²) in [5.41, 5.74) is 1.02. The first-order chi connectivity index (χ1) is 9.71. The average Bonchev–Trinajstić information content (AvgIpc) is 2.47. The highest BCUT2D eigenvalue weighted by Gasteiger charge is 2.05. The van der Waals surface area contributed by atoms with Crippen molar-refractivity contribution in [2.24, 2.45) is 4.99 Å². The molecule has 0 fully saturated rings. The monoisotopic (exact) mass is 299 g/mol. The molecule has 0 aliphatic carbocycles. The number of methoxy groups -OCH3 is 1. The van der Waals surface area contributed by atoms with Crippen LogP contribution < -0.4 is 15.4 Å². The van der Waals surface area contributed by atoms with E-state index in [0.717, 1.165) is 23.9 Å². The number of nitrogens with zero attached hydrogens (tertiary/aromatic N) is 1. The molecule has 1 aromatic rings. The van der Waals surface area contributed by atoms with E-state index in [1.54, 1.807) is 20.2 Å². The molecule has 1 aromatic carbocycles. The van der Waals surface area contributed by atoms with Crippen LogP contribution in [-0.4, -0.2) is 39.9 Å². The second-order valence-corrected chi connectivity index (χ2v) is 4.44. The minimum Gasteiger partial charge on any atom is -0.496 e. The molecular formula is C14H22ClN3O2. The van der Waals surface area contributed by atoms with Gasteiger partial charge < -0.3 is 20.1 Å². The molecule has 0 saturated heterocycles. The molecule has 0 bridgehead atoms. The van der Waals surface area contributed by atoms with Crippen molar-refractivity contribution in [3.63, 3.8) is 0 Å². The number of halogens is 1. The molecular weight excluding hydrogens is 278 g/mol. The third-order valence-electron chi connectivity index (χ3n) is 2.66. The first kappa shape index (κ1) is 16.6. The van der Waals surface area contributed by atoms with Crippen LogP contribution in [0.1, 0.15) is 12.5 Å². The third kappa shape index (κ3) is 5.67. The highest BCUT2D eigenvalue weighted by Crippen LogP contribution is 2.22. The van der Waals surface area contributed by atoms with Crippen molar-refractivity contribution in [2.45, 2.75) is 13.5 Å². The van der Waals surface area contributed by atoms with Crippen LogP contribution in [0.15, 0.2) is 23.2 Å². The van der Waals surface area contributed by atoms with Crippen LogP contribution in [0.2, 0.25) is 5.02 Å². The molecule has 0 atom stereocenters. The van der Waals surface area contributed by atoms with Gasteiger partial charge in [-0.1, -0.05) is 17.7 Å². The molecule has 2 N–H and O–H groups in total. The summed E-state index contributed by atoms with van der Waals surface area (Å²) in [6.45, 7) is 4.66. The van der Waals surface area contributed by atoms with Crippen LogP contribution in [0.3, 0.4) is 0 Å². The average molecular weight is 300 g/mol. The molecule has 0 radical (unpaired) electrons. The Hall–Kier alpha value is -1.46. The first-order valence-corrected chi connectivity index (χ1v) is 6.93. The van der Waals surface area contributed by atoms with Crippen LogP contribution in [-0.2, 0) is 11.3 Å². The fourth-order valence-electron chi connectivity index (χ4n) is 1.65. The lowest BCUT2D eigenvalue weighted by Gasteiger charge is -2.14. The largest absolute Gasteiger partial charge is 0.496 e. The highest BCUT2D eigenvalue weighted by molar-refractivity contribution is 6.30. The maximum atomic E-state index is 5.93. The fourth-order valence-corrected chi connectivity index (χ4v) is 1.81. The smallest absolute Gasteiger partial charge is 0.191 e. The van der Waals surface area contributed by atoms with Gasteiger partial charge in [-0.25, -0.2) is 0 Å². The number of hydrogen-bond acceptors (Lipinski definition) is 3. The van der Waals surface area contributed by atoms with Crippen molar-refractivity contribution in [3.8, 4) is 5.75 Å². The van der Waals surface area contributed by atoms with E-state index in [1.807, 2.05) is 19.1 Å². The molecule has 0 unspecified atom stereocenters. The van der Waals surface area contributed by atoms with Gasteiger partial charge in [0.1, 0.15) is 5.75 Å². The lowest BCUT2D eigenvalue weighted by molar-refractivity contribution is 0.152. The topological polar surface area (TPSA) is 54.9 Å². The number of nitrogens with one attached hydrogen (secondary N) is 2. The van der Waals surface area contributed by atoms with E-state index in [0.29, 0.717) is 24.7 Å². The Morgan fingerprint density at radius 2 is 2.15 bits per heavy atom. The molecule has 5 nitrogen and oxygen atoms in total. The normalized spacial score (nSPS) is 11.3. The molecule has 20 heavy (non-hydrogen) atoms. The number of ether oxygens (including phenoxy) is 2. The van der Waals surface area contributed by atoms with Crippen LogP contribution in [0.5, 0.6) is 5.75 Å². The molecule has 0 amide bonds. The molecule has 0 aromatic heterocycles. The Morgan fingerprint density at radius 3 is 2.80 bits per heavy atom. The van der Waals surface area contributed by atoms with E-state index in [9.17, 15) is 0 Å². The summed E-state index contributed by atoms with van der Waals surface area (Å²) in [6, 6.07) is 5.57. The molecule has 112 valence electrons. The van der Waals surface area contributed by atoms with Gasteiger partial charge in [0, 0.05) is 37.3 Å². The first-order valence-electron chi connectivity index (χ1n) is 6.56. The molecule has 0 spiro atoms. The van der Waals surface area contributed by atoms with E-state index in [-0.39, 0.29) is 0 Å². The van der Waals surface area contributed by atoms with Gasteiger partial charge in [-0.2, -0.15) is 0 Å². The number of aliphatic imine (C=N–C) groups is 1. The van der Waals surface area contributed by atoms with Gasteiger partial charge in [0.2, 0.25) is 0 Å². The Bertz CT molecular complexity index is 438. The van der Waals surface area contributed by atoms with Crippen molar-refractivity contribution in [3.05, 3.63) is 28.8 Å². The molecule has 1 rings (SSSR count). The SMILES string of the molecule is CCOCCNC(=NC)NCc1ccc(Cl)cc1OC. The van der Waals surface area contributed by atoms with Crippen LogP contribution in [0.25, 0.3) is 0 Å². The van der Waals surface area contributed by atoms with Gasteiger partial charge in [-0.15, -0.1) is 0 Å².